The van der Waals surface area contributed by atoms with E-state index in [2.05, 4.69) is 28.1 Å². The molecule has 0 atom stereocenters. The van der Waals surface area contributed by atoms with Crippen LogP contribution >= 0.6 is 27.5 Å². The molecule has 76 valence electrons. The first-order valence-corrected chi connectivity index (χ1v) is 5.93. The topological polar surface area (TPSA) is 26.0 Å². The Morgan fingerprint density at radius 3 is 2.79 bits per heavy atom. The van der Waals surface area contributed by atoms with E-state index in [1.807, 2.05) is 19.1 Å². The number of hydrogen-bond acceptors (Lipinski definition) is 1. The van der Waals surface area contributed by atoms with Gasteiger partial charge >= 0.3 is 0 Å². The number of nitrogen functional groups attached to an aromatic ring is 1. The van der Waals surface area contributed by atoms with Crippen LogP contribution < -0.4 is 5.73 Å². The SMILES string of the molecule is Cc1cc(C=CCCBr)cc(Cl)c1N. The van der Waals surface area contributed by atoms with E-state index in [-0.39, 0.29) is 0 Å². The second-order valence-corrected chi connectivity index (χ2v) is 4.31. The molecule has 0 heterocycles. The smallest absolute Gasteiger partial charge is 0.0644 e. The van der Waals surface area contributed by atoms with Crippen LogP contribution in [0.3, 0.4) is 0 Å². The maximum absolute atomic E-state index is 5.96. The van der Waals surface area contributed by atoms with Crippen LogP contribution in [0.25, 0.3) is 6.08 Å². The molecule has 1 rings (SSSR count). The molecule has 0 saturated carbocycles. The van der Waals surface area contributed by atoms with E-state index in [1.54, 1.807) is 0 Å². The highest BCUT2D eigenvalue weighted by Gasteiger charge is 2.00. The van der Waals surface area contributed by atoms with E-state index in [0.29, 0.717) is 10.7 Å². The molecule has 1 nitrogen and oxygen atoms in total. The van der Waals surface area contributed by atoms with Gasteiger partial charge in [-0.25, -0.2) is 0 Å². The van der Waals surface area contributed by atoms with Gasteiger partial charge in [-0.15, -0.1) is 0 Å². The molecule has 0 bridgehead atoms. The summed E-state index contributed by atoms with van der Waals surface area (Å²) in [5, 5.41) is 1.61. The molecule has 0 amide bonds. The van der Waals surface area contributed by atoms with Gasteiger partial charge in [-0.1, -0.05) is 39.7 Å². The molecule has 2 N–H and O–H groups in total. The zero-order chi connectivity index (χ0) is 10.6. The van der Waals surface area contributed by atoms with Crippen molar-refractivity contribution in [3.8, 4) is 0 Å². The van der Waals surface area contributed by atoms with Crippen molar-refractivity contribution < 1.29 is 0 Å². The molecule has 0 radical (unpaired) electrons. The Labute approximate surface area is 98.1 Å². The summed E-state index contributed by atoms with van der Waals surface area (Å²) in [6.07, 6.45) is 5.18. The lowest BCUT2D eigenvalue weighted by molar-refractivity contribution is 1.27. The Balaban J connectivity index is 2.89. The van der Waals surface area contributed by atoms with Gasteiger partial charge in [-0.3, -0.25) is 0 Å². The minimum Gasteiger partial charge on any atom is -0.397 e. The van der Waals surface area contributed by atoms with Crippen LogP contribution in [-0.4, -0.2) is 5.33 Å². The highest BCUT2D eigenvalue weighted by Crippen LogP contribution is 2.24. The number of aryl methyl sites for hydroxylation is 1. The Hall–Kier alpha value is -0.470. The monoisotopic (exact) mass is 273 g/mol. The molecular weight excluding hydrogens is 261 g/mol. The Kier molecular flexibility index (Phi) is 4.49. The van der Waals surface area contributed by atoms with Gasteiger partial charge < -0.3 is 5.73 Å². The summed E-state index contributed by atoms with van der Waals surface area (Å²) >= 11 is 9.33. The predicted octanol–water partition coefficient (Wildman–Crippen LogP) is 4.03. The molecule has 0 aliphatic heterocycles. The van der Waals surface area contributed by atoms with E-state index in [4.69, 9.17) is 17.3 Å². The largest absolute Gasteiger partial charge is 0.397 e. The zero-order valence-electron chi connectivity index (χ0n) is 8.06. The second-order valence-electron chi connectivity index (χ2n) is 3.11. The minimum absolute atomic E-state index is 0.628. The van der Waals surface area contributed by atoms with E-state index < -0.39 is 0 Å². The average molecular weight is 275 g/mol. The molecule has 14 heavy (non-hydrogen) atoms. The van der Waals surface area contributed by atoms with Gasteiger partial charge in [0.2, 0.25) is 0 Å². The number of benzene rings is 1. The lowest BCUT2D eigenvalue weighted by Gasteiger charge is -2.04. The van der Waals surface area contributed by atoms with Crippen LogP contribution in [0.4, 0.5) is 5.69 Å². The van der Waals surface area contributed by atoms with Gasteiger partial charge in [-0.2, -0.15) is 0 Å². The fourth-order valence-electron chi connectivity index (χ4n) is 1.16. The van der Waals surface area contributed by atoms with Crippen LogP contribution in [0.1, 0.15) is 17.5 Å². The Morgan fingerprint density at radius 2 is 2.21 bits per heavy atom. The highest BCUT2D eigenvalue weighted by molar-refractivity contribution is 9.09. The number of anilines is 1. The number of halogens is 2. The number of rotatable bonds is 3. The van der Waals surface area contributed by atoms with Crippen LogP contribution in [-0.2, 0) is 0 Å². The maximum atomic E-state index is 5.96. The normalized spacial score (nSPS) is 11.1. The molecule has 0 aliphatic rings. The van der Waals surface area contributed by atoms with Crippen LogP contribution in [0.5, 0.6) is 0 Å². The van der Waals surface area contributed by atoms with Crippen molar-refractivity contribution >= 4 is 39.3 Å². The molecule has 0 unspecified atom stereocenters. The second kappa shape index (κ2) is 5.42. The summed E-state index contributed by atoms with van der Waals surface area (Å²) in [6, 6.07) is 3.92. The van der Waals surface area contributed by atoms with Gasteiger partial charge in [0.05, 0.1) is 10.7 Å². The molecule has 0 saturated heterocycles. The van der Waals surface area contributed by atoms with Gasteiger partial charge in [-0.05, 0) is 36.6 Å². The third-order valence-corrected chi connectivity index (χ3v) is 2.72. The molecule has 0 aromatic heterocycles. The van der Waals surface area contributed by atoms with Crippen molar-refractivity contribution in [3.05, 3.63) is 34.4 Å². The number of nitrogens with two attached hydrogens (primary N) is 1. The van der Waals surface area contributed by atoms with Crippen molar-refractivity contribution in [3.63, 3.8) is 0 Å². The third kappa shape index (κ3) is 3.03. The summed E-state index contributed by atoms with van der Waals surface area (Å²) in [6.45, 7) is 1.96. The van der Waals surface area contributed by atoms with Gasteiger partial charge in [0, 0.05) is 5.33 Å². The summed E-state index contributed by atoms with van der Waals surface area (Å²) < 4.78 is 0. The molecule has 1 aromatic rings. The fraction of sp³-hybridized carbons (Fsp3) is 0.273. The van der Waals surface area contributed by atoms with Crippen LogP contribution in [0, 0.1) is 6.92 Å². The lowest BCUT2D eigenvalue weighted by atomic mass is 10.1. The molecular formula is C11H13BrClN. The fourth-order valence-corrected chi connectivity index (χ4v) is 1.70. The first-order chi connectivity index (χ1) is 6.65. The standard InChI is InChI=1S/C11H13BrClN/c1-8-6-9(4-2-3-5-12)7-10(13)11(8)14/h2,4,6-7H,3,5,14H2,1H3. The predicted molar refractivity (Wildman–Crippen MR) is 68.0 cm³/mol. The number of alkyl halides is 1. The summed E-state index contributed by atoms with van der Waals surface area (Å²) in [7, 11) is 0. The molecule has 1 aromatic carbocycles. The number of hydrogen-bond donors (Lipinski definition) is 1. The minimum atomic E-state index is 0.628. The van der Waals surface area contributed by atoms with E-state index in [1.165, 1.54) is 0 Å². The lowest BCUT2D eigenvalue weighted by Crippen LogP contribution is -1.91. The Morgan fingerprint density at radius 1 is 1.50 bits per heavy atom. The summed E-state index contributed by atoms with van der Waals surface area (Å²) in [5.74, 6) is 0. The van der Waals surface area contributed by atoms with Crippen molar-refractivity contribution in [2.24, 2.45) is 0 Å². The first-order valence-electron chi connectivity index (χ1n) is 4.43. The van der Waals surface area contributed by atoms with Gasteiger partial charge in [0.15, 0.2) is 0 Å². The summed E-state index contributed by atoms with van der Waals surface area (Å²) in [5.41, 5.74) is 8.54. The van der Waals surface area contributed by atoms with Gasteiger partial charge in [0.1, 0.15) is 0 Å². The van der Waals surface area contributed by atoms with Gasteiger partial charge in [0.25, 0.3) is 0 Å². The highest BCUT2D eigenvalue weighted by atomic mass is 79.9. The van der Waals surface area contributed by atoms with Crippen molar-refractivity contribution in [2.75, 3.05) is 11.1 Å². The van der Waals surface area contributed by atoms with Crippen LogP contribution in [0.2, 0.25) is 5.02 Å². The van der Waals surface area contributed by atoms with Crippen molar-refractivity contribution in [1.82, 2.24) is 0 Å². The summed E-state index contributed by atoms with van der Waals surface area (Å²) in [4.78, 5) is 0. The molecule has 0 fully saturated rings. The van der Waals surface area contributed by atoms with Crippen molar-refractivity contribution in [2.45, 2.75) is 13.3 Å². The first kappa shape index (κ1) is 11.6. The van der Waals surface area contributed by atoms with E-state index in [0.717, 1.165) is 22.9 Å². The average Bonchev–Trinajstić information content (AvgIpc) is 2.14. The molecule has 3 heteroatoms. The van der Waals surface area contributed by atoms with E-state index in [9.17, 15) is 0 Å². The molecule has 0 spiro atoms. The molecule has 0 aliphatic carbocycles. The van der Waals surface area contributed by atoms with Crippen LogP contribution in [0.15, 0.2) is 18.2 Å². The third-order valence-electron chi connectivity index (χ3n) is 1.94. The quantitative estimate of drug-likeness (QED) is 0.653. The van der Waals surface area contributed by atoms with E-state index >= 15 is 0 Å². The zero-order valence-corrected chi connectivity index (χ0v) is 10.4. The maximum Gasteiger partial charge on any atom is 0.0644 e. The number of allylic oxidation sites excluding steroid dienone is 1. The Bertz CT molecular complexity index is 324. The van der Waals surface area contributed by atoms with Crippen molar-refractivity contribution in [1.29, 1.82) is 0 Å².